The molecule has 0 bridgehead atoms. The zero-order chi connectivity index (χ0) is 11.9. The van der Waals surface area contributed by atoms with Gasteiger partial charge in [-0.3, -0.25) is 4.79 Å². The SMILES string of the molecule is CCC(C)(O)CNC(=O)CC(CN)OC. The predicted molar refractivity (Wildman–Crippen MR) is 58.4 cm³/mol. The second-order valence-corrected chi connectivity index (χ2v) is 3.92. The highest BCUT2D eigenvalue weighted by Crippen LogP contribution is 2.06. The van der Waals surface area contributed by atoms with Gasteiger partial charge in [-0.05, 0) is 13.3 Å². The summed E-state index contributed by atoms with van der Waals surface area (Å²) >= 11 is 0. The zero-order valence-corrected chi connectivity index (χ0v) is 9.75. The summed E-state index contributed by atoms with van der Waals surface area (Å²) in [4.78, 5) is 11.4. The Balaban J connectivity index is 3.84. The van der Waals surface area contributed by atoms with Crippen molar-refractivity contribution in [3.63, 3.8) is 0 Å². The maximum absolute atomic E-state index is 11.4. The Bertz CT molecular complexity index is 191. The molecule has 0 aromatic carbocycles. The minimum absolute atomic E-state index is 0.152. The molecule has 0 radical (unpaired) electrons. The first-order valence-corrected chi connectivity index (χ1v) is 5.17. The van der Waals surface area contributed by atoms with Gasteiger partial charge in [0, 0.05) is 20.2 Å². The van der Waals surface area contributed by atoms with E-state index >= 15 is 0 Å². The fourth-order valence-corrected chi connectivity index (χ4v) is 0.956. The topological polar surface area (TPSA) is 84.6 Å². The largest absolute Gasteiger partial charge is 0.388 e. The van der Waals surface area contributed by atoms with Crippen LogP contribution >= 0.6 is 0 Å². The van der Waals surface area contributed by atoms with Gasteiger partial charge in [0.2, 0.25) is 5.91 Å². The molecule has 0 saturated carbocycles. The standard InChI is InChI=1S/C10H22N2O3/c1-4-10(2,14)7-12-9(13)5-8(6-11)15-3/h8,14H,4-7,11H2,1-3H3,(H,12,13). The van der Waals surface area contributed by atoms with Gasteiger partial charge in [0.15, 0.2) is 0 Å². The molecule has 0 aliphatic rings. The number of aliphatic hydroxyl groups is 1. The van der Waals surface area contributed by atoms with Crippen molar-refractivity contribution in [2.24, 2.45) is 5.73 Å². The lowest BCUT2D eigenvalue weighted by Gasteiger charge is -2.22. The fourth-order valence-electron chi connectivity index (χ4n) is 0.956. The highest BCUT2D eigenvalue weighted by atomic mass is 16.5. The zero-order valence-electron chi connectivity index (χ0n) is 9.75. The quantitative estimate of drug-likeness (QED) is 0.544. The Labute approximate surface area is 91.0 Å². The van der Waals surface area contributed by atoms with Gasteiger partial charge >= 0.3 is 0 Å². The third kappa shape index (κ3) is 6.43. The van der Waals surface area contributed by atoms with Crippen LogP contribution in [0, 0.1) is 0 Å². The van der Waals surface area contributed by atoms with E-state index in [2.05, 4.69) is 5.32 Å². The molecule has 1 amide bonds. The molecule has 2 atom stereocenters. The van der Waals surface area contributed by atoms with Gasteiger partial charge in [0.1, 0.15) is 0 Å². The fraction of sp³-hybridized carbons (Fsp3) is 0.900. The van der Waals surface area contributed by atoms with E-state index in [0.717, 1.165) is 0 Å². The number of methoxy groups -OCH3 is 1. The molecule has 0 aliphatic heterocycles. The van der Waals surface area contributed by atoms with E-state index in [0.29, 0.717) is 13.0 Å². The number of carbonyl (C=O) groups is 1. The summed E-state index contributed by atoms with van der Waals surface area (Å²) in [5.41, 5.74) is 4.54. The molecule has 0 spiro atoms. The van der Waals surface area contributed by atoms with E-state index in [4.69, 9.17) is 10.5 Å². The Morgan fingerprint density at radius 2 is 2.27 bits per heavy atom. The van der Waals surface area contributed by atoms with Crippen LogP contribution in [-0.4, -0.2) is 42.9 Å². The minimum atomic E-state index is -0.846. The van der Waals surface area contributed by atoms with Crippen molar-refractivity contribution in [3.05, 3.63) is 0 Å². The van der Waals surface area contributed by atoms with Crippen molar-refractivity contribution in [1.29, 1.82) is 0 Å². The summed E-state index contributed by atoms with van der Waals surface area (Å²) in [7, 11) is 1.52. The number of nitrogens with one attached hydrogen (secondary N) is 1. The number of hydrogen-bond acceptors (Lipinski definition) is 4. The van der Waals surface area contributed by atoms with Gasteiger partial charge in [-0.2, -0.15) is 0 Å². The lowest BCUT2D eigenvalue weighted by molar-refractivity contribution is -0.124. The molecule has 0 heterocycles. The van der Waals surface area contributed by atoms with Crippen LogP contribution in [0.4, 0.5) is 0 Å². The van der Waals surface area contributed by atoms with Crippen molar-refractivity contribution in [2.75, 3.05) is 20.2 Å². The smallest absolute Gasteiger partial charge is 0.222 e. The third-order valence-electron chi connectivity index (χ3n) is 2.44. The molecule has 0 saturated heterocycles. The molecule has 5 nitrogen and oxygen atoms in total. The van der Waals surface area contributed by atoms with Gasteiger partial charge in [-0.25, -0.2) is 0 Å². The first-order chi connectivity index (χ1) is 6.95. The van der Waals surface area contributed by atoms with Gasteiger partial charge < -0.3 is 20.9 Å². The van der Waals surface area contributed by atoms with Crippen LogP contribution in [0.3, 0.4) is 0 Å². The highest BCUT2D eigenvalue weighted by molar-refractivity contribution is 5.76. The molecule has 0 aromatic heterocycles. The number of amides is 1. The predicted octanol–water partition coefficient (Wildman–Crippen LogP) is -0.373. The Morgan fingerprint density at radius 3 is 2.67 bits per heavy atom. The van der Waals surface area contributed by atoms with E-state index in [1.54, 1.807) is 6.92 Å². The van der Waals surface area contributed by atoms with Crippen molar-refractivity contribution in [2.45, 2.75) is 38.4 Å². The van der Waals surface area contributed by atoms with Gasteiger partial charge in [0.05, 0.1) is 18.1 Å². The third-order valence-corrected chi connectivity index (χ3v) is 2.44. The van der Waals surface area contributed by atoms with Crippen LogP contribution in [0.15, 0.2) is 0 Å². The second kappa shape index (κ2) is 6.76. The Kier molecular flexibility index (Phi) is 6.47. The molecule has 4 N–H and O–H groups in total. The molecule has 0 aromatic rings. The molecule has 0 fully saturated rings. The van der Waals surface area contributed by atoms with Gasteiger partial charge in [-0.15, -0.1) is 0 Å². The van der Waals surface area contributed by atoms with Crippen LogP contribution in [0.2, 0.25) is 0 Å². The van der Waals surface area contributed by atoms with Crippen LogP contribution < -0.4 is 11.1 Å². The number of rotatable bonds is 7. The van der Waals surface area contributed by atoms with Gasteiger partial charge in [-0.1, -0.05) is 6.92 Å². The summed E-state index contributed by atoms with van der Waals surface area (Å²) < 4.78 is 4.98. The number of nitrogens with two attached hydrogens (primary N) is 1. The minimum Gasteiger partial charge on any atom is -0.388 e. The molecule has 0 rings (SSSR count). The van der Waals surface area contributed by atoms with Crippen molar-refractivity contribution < 1.29 is 14.6 Å². The molecule has 15 heavy (non-hydrogen) atoms. The molecular formula is C10H22N2O3. The first kappa shape index (κ1) is 14.3. The number of ether oxygens (including phenoxy) is 1. The van der Waals surface area contributed by atoms with Crippen LogP contribution in [0.5, 0.6) is 0 Å². The maximum Gasteiger partial charge on any atom is 0.222 e. The lowest BCUT2D eigenvalue weighted by atomic mass is 10.0. The molecular weight excluding hydrogens is 196 g/mol. The summed E-state index contributed by atoms with van der Waals surface area (Å²) in [5.74, 6) is -0.152. The van der Waals surface area contributed by atoms with Crippen LogP contribution in [0.1, 0.15) is 26.7 Å². The van der Waals surface area contributed by atoms with Crippen molar-refractivity contribution in [1.82, 2.24) is 5.32 Å². The van der Waals surface area contributed by atoms with Crippen molar-refractivity contribution >= 4 is 5.91 Å². The Hall–Kier alpha value is -0.650. The molecule has 5 heteroatoms. The summed E-state index contributed by atoms with van der Waals surface area (Å²) in [6.45, 7) is 4.12. The summed E-state index contributed by atoms with van der Waals surface area (Å²) in [5, 5.41) is 12.3. The van der Waals surface area contributed by atoms with Crippen molar-refractivity contribution in [3.8, 4) is 0 Å². The maximum atomic E-state index is 11.4. The molecule has 0 aliphatic carbocycles. The number of carbonyl (C=O) groups excluding carboxylic acids is 1. The van der Waals surface area contributed by atoms with Gasteiger partial charge in [0.25, 0.3) is 0 Å². The second-order valence-electron chi connectivity index (χ2n) is 3.92. The lowest BCUT2D eigenvalue weighted by Crippen LogP contribution is -2.41. The van der Waals surface area contributed by atoms with Crippen LogP contribution in [0.25, 0.3) is 0 Å². The first-order valence-electron chi connectivity index (χ1n) is 5.17. The average molecular weight is 218 g/mol. The van der Waals surface area contributed by atoms with E-state index in [9.17, 15) is 9.90 Å². The normalized spacial score (nSPS) is 16.9. The summed E-state index contributed by atoms with van der Waals surface area (Å²) in [6.07, 6.45) is 0.571. The Morgan fingerprint density at radius 1 is 1.67 bits per heavy atom. The van der Waals surface area contributed by atoms with E-state index < -0.39 is 5.60 Å². The average Bonchev–Trinajstić information content (AvgIpc) is 2.23. The van der Waals surface area contributed by atoms with Crippen LogP contribution in [-0.2, 0) is 9.53 Å². The molecule has 2 unspecified atom stereocenters. The highest BCUT2D eigenvalue weighted by Gasteiger charge is 2.19. The monoisotopic (exact) mass is 218 g/mol. The summed E-state index contributed by atoms with van der Waals surface area (Å²) in [6, 6.07) is 0. The van der Waals surface area contributed by atoms with E-state index in [1.165, 1.54) is 7.11 Å². The number of hydrogen-bond donors (Lipinski definition) is 3. The van der Waals surface area contributed by atoms with E-state index in [-0.39, 0.29) is 25.0 Å². The van der Waals surface area contributed by atoms with E-state index in [1.807, 2.05) is 6.92 Å². The molecule has 90 valence electrons.